The number of hydrogen-bond donors (Lipinski definition) is 1. The van der Waals surface area contributed by atoms with Crippen LogP contribution in [0.1, 0.15) is 44.7 Å². The first-order valence-electron chi connectivity index (χ1n) is 8.18. The van der Waals surface area contributed by atoms with Gasteiger partial charge in [-0.25, -0.2) is 0 Å². The summed E-state index contributed by atoms with van der Waals surface area (Å²) >= 11 is 0. The minimum atomic E-state index is 0.200. The number of nitrogens with two attached hydrogens (primary N) is 1. The Labute approximate surface area is 127 Å². The number of rotatable bonds is 4. The van der Waals surface area contributed by atoms with Crippen molar-refractivity contribution in [2.24, 2.45) is 17.6 Å². The van der Waals surface area contributed by atoms with E-state index in [-0.39, 0.29) is 12.0 Å². The van der Waals surface area contributed by atoms with Crippen molar-refractivity contribution in [2.45, 2.75) is 58.5 Å². The van der Waals surface area contributed by atoms with Gasteiger partial charge in [0.05, 0.1) is 0 Å². The third-order valence-electron chi connectivity index (χ3n) is 4.85. The fourth-order valence-electron chi connectivity index (χ4n) is 3.18. The number of nitrogens with zero attached hydrogens (tertiary/aromatic N) is 1. The predicted octanol–water partition coefficient (Wildman–Crippen LogP) is 2.90. The third kappa shape index (κ3) is 2.84. The molecule has 1 amide bonds. The molecule has 1 aromatic rings. The molecule has 1 aliphatic heterocycles. The van der Waals surface area contributed by atoms with Crippen LogP contribution < -0.4 is 10.6 Å². The van der Waals surface area contributed by atoms with Crippen molar-refractivity contribution < 1.29 is 4.79 Å². The summed E-state index contributed by atoms with van der Waals surface area (Å²) in [5.41, 5.74) is 9.91. The van der Waals surface area contributed by atoms with E-state index < -0.39 is 0 Å². The van der Waals surface area contributed by atoms with E-state index in [1.54, 1.807) is 0 Å². The van der Waals surface area contributed by atoms with Gasteiger partial charge in [-0.2, -0.15) is 0 Å². The summed E-state index contributed by atoms with van der Waals surface area (Å²) < 4.78 is 0. The summed E-state index contributed by atoms with van der Waals surface area (Å²) in [6, 6.07) is 7.02. The van der Waals surface area contributed by atoms with E-state index in [0.717, 1.165) is 31.4 Å². The van der Waals surface area contributed by atoms with Crippen LogP contribution in [0.3, 0.4) is 0 Å². The standard InChI is InChI=1S/C18H26N2O/c1-11(2)16(19)10-13-4-7-17-15(9-13)8-12(3)20(17)18(21)14-5-6-14/h4,7,9,11-12,14,16H,5-6,8,10,19H2,1-3H3. The molecule has 3 nitrogen and oxygen atoms in total. The van der Waals surface area contributed by atoms with E-state index in [9.17, 15) is 4.79 Å². The Hall–Kier alpha value is -1.35. The van der Waals surface area contributed by atoms with Crippen molar-refractivity contribution in [2.75, 3.05) is 4.90 Å². The van der Waals surface area contributed by atoms with Gasteiger partial charge in [0.15, 0.2) is 0 Å². The van der Waals surface area contributed by atoms with E-state index >= 15 is 0 Å². The molecule has 0 radical (unpaired) electrons. The van der Waals surface area contributed by atoms with Crippen LogP contribution in [0, 0.1) is 11.8 Å². The average molecular weight is 286 g/mol. The van der Waals surface area contributed by atoms with Crippen molar-refractivity contribution in [3.05, 3.63) is 29.3 Å². The van der Waals surface area contributed by atoms with Gasteiger partial charge in [0.2, 0.25) is 5.91 Å². The predicted molar refractivity (Wildman–Crippen MR) is 86.3 cm³/mol. The molecule has 0 bridgehead atoms. The summed E-state index contributed by atoms with van der Waals surface area (Å²) in [4.78, 5) is 14.5. The monoisotopic (exact) mass is 286 g/mol. The van der Waals surface area contributed by atoms with E-state index in [4.69, 9.17) is 5.73 Å². The molecule has 1 heterocycles. The Morgan fingerprint density at radius 1 is 1.38 bits per heavy atom. The lowest BCUT2D eigenvalue weighted by molar-refractivity contribution is -0.120. The molecule has 0 aromatic heterocycles. The zero-order valence-electron chi connectivity index (χ0n) is 13.3. The molecule has 2 N–H and O–H groups in total. The van der Waals surface area contributed by atoms with Crippen LogP contribution in [0.5, 0.6) is 0 Å². The molecule has 2 atom stereocenters. The smallest absolute Gasteiger partial charge is 0.230 e. The molecule has 0 saturated heterocycles. The Morgan fingerprint density at radius 2 is 2.10 bits per heavy atom. The highest BCUT2D eigenvalue weighted by molar-refractivity contribution is 5.98. The normalized spacial score (nSPS) is 22.5. The third-order valence-corrected chi connectivity index (χ3v) is 4.85. The molecular formula is C18H26N2O. The second kappa shape index (κ2) is 5.45. The molecule has 2 aliphatic rings. The van der Waals surface area contributed by atoms with Crippen molar-refractivity contribution in [1.82, 2.24) is 0 Å². The maximum atomic E-state index is 12.4. The van der Waals surface area contributed by atoms with Gasteiger partial charge in [0.25, 0.3) is 0 Å². The summed E-state index contributed by atoms with van der Waals surface area (Å²) in [5, 5.41) is 0. The fraction of sp³-hybridized carbons (Fsp3) is 0.611. The Bertz CT molecular complexity index is 548. The van der Waals surface area contributed by atoms with E-state index in [1.165, 1.54) is 11.1 Å². The van der Waals surface area contributed by atoms with Crippen LogP contribution in [0.2, 0.25) is 0 Å². The van der Waals surface area contributed by atoms with Gasteiger partial charge in [0.1, 0.15) is 0 Å². The van der Waals surface area contributed by atoms with Crippen LogP contribution in [-0.4, -0.2) is 18.0 Å². The van der Waals surface area contributed by atoms with Crippen LogP contribution in [0.15, 0.2) is 18.2 Å². The van der Waals surface area contributed by atoms with Gasteiger partial charge in [-0.15, -0.1) is 0 Å². The summed E-state index contributed by atoms with van der Waals surface area (Å²) in [6.07, 6.45) is 4.02. The number of fused-ring (bicyclic) bond motifs is 1. The maximum absolute atomic E-state index is 12.4. The lowest BCUT2D eigenvalue weighted by Crippen LogP contribution is -2.36. The molecule has 1 aromatic carbocycles. The van der Waals surface area contributed by atoms with Crippen molar-refractivity contribution in [1.29, 1.82) is 0 Å². The van der Waals surface area contributed by atoms with Gasteiger partial charge in [-0.05, 0) is 55.7 Å². The van der Waals surface area contributed by atoms with Gasteiger partial charge < -0.3 is 10.6 Å². The highest BCUT2D eigenvalue weighted by Gasteiger charge is 2.39. The van der Waals surface area contributed by atoms with Gasteiger partial charge in [-0.3, -0.25) is 4.79 Å². The van der Waals surface area contributed by atoms with Gasteiger partial charge >= 0.3 is 0 Å². The molecular weight excluding hydrogens is 260 g/mol. The molecule has 3 heteroatoms. The maximum Gasteiger partial charge on any atom is 0.230 e. The van der Waals surface area contributed by atoms with Crippen molar-refractivity contribution in [3.63, 3.8) is 0 Å². The molecule has 2 unspecified atom stereocenters. The zero-order chi connectivity index (χ0) is 15.1. The number of hydrogen-bond acceptors (Lipinski definition) is 2. The zero-order valence-corrected chi connectivity index (χ0v) is 13.3. The second-order valence-electron chi connectivity index (χ2n) is 7.11. The summed E-state index contributed by atoms with van der Waals surface area (Å²) in [6.45, 7) is 6.48. The van der Waals surface area contributed by atoms with Crippen LogP contribution in [-0.2, 0) is 17.6 Å². The number of benzene rings is 1. The molecule has 114 valence electrons. The molecule has 3 rings (SSSR count). The van der Waals surface area contributed by atoms with Crippen molar-refractivity contribution >= 4 is 11.6 Å². The molecule has 1 aliphatic carbocycles. The number of carbonyl (C=O) groups is 1. The number of amides is 1. The largest absolute Gasteiger partial charge is 0.327 e. The van der Waals surface area contributed by atoms with Crippen molar-refractivity contribution in [3.8, 4) is 0 Å². The molecule has 1 fully saturated rings. The Morgan fingerprint density at radius 3 is 2.71 bits per heavy atom. The Balaban J connectivity index is 1.81. The first-order valence-corrected chi connectivity index (χ1v) is 8.18. The minimum Gasteiger partial charge on any atom is -0.327 e. The Kier molecular flexibility index (Phi) is 3.78. The highest BCUT2D eigenvalue weighted by atomic mass is 16.2. The minimum absolute atomic E-state index is 0.200. The summed E-state index contributed by atoms with van der Waals surface area (Å²) in [7, 11) is 0. The quantitative estimate of drug-likeness (QED) is 0.925. The number of anilines is 1. The molecule has 0 spiro atoms. The average Bonchev–Trinajstić information content (AvgIpc) is 3.21. The first-order chi connectivity index (χ1) is 9.97. The van der Waals surface area contributed by atoms with E-state index in [1.807, 2.05) is 4.90 Å². The lowest BCUT2D eigenvalue weighted by atomic mass is 9.96. The molecule has 21 heavy (non-hydrogen) atoms. The van der Waals surface area contributed by atoms with Crippen LogP contribution in [0.25, 0.3) is 0 Å². The SMILES string of the molecule is CC(C)C(N)Cc1ccc2c(c1)CC(C)N2C(=O)C1CC1. The molecule has 1 saturated carbocycles. The van der Waals surface area contributed by atoms with Crippen LogP contribution >= 0.6 is 0 Å². The topological polar surface area (TPSA) is 46.3 Å². The second-order valence-corrected chi connectivity index (χ2v) is 7.11. The van der Waals surface area contributed by atoms with E-state index in [2.05, 4.69) is 39.0 Å². The van der Waals surface area contributed by atoms with E-state index in [0.29, 0.717) is 17.9 Å². The van der Waals surface area contributed by atoms with Gasteiger partial charge in [0, 0.05) is 23.7 Å². The highest BCUT2D eigenvalue weighted by Crippen LogP contribution is 2.39. The lowest BCUT2D eigenvalue weighted by Gasteiger charge is -2.23. The van der Waals surface area contributed by atoms with Gasteiger partial charge in [-0.1, -0.05) is 26.0 Å². The summed E-state index contributed by atoms with van der Waals surface area (Å²) in [5.74, 6) is 1.10. The first kappa shape index (κ1) is 14.6. The number of carbonyl (C=O) groups excluding carboxylic acids is 1. The van der Waals surface area contributed by atoms with Crippen LogP contribution in [0.4, 0.5) is 5.69 Å². The fourth-order valence-corrected chi connectivity index (χ4v) is 3.18.